The first kappa shape index (κ1) is 64.3. The number of rotatable bonds is 50. The highest BCUT2D eigenvalue weighted by molar-refractivity contribution is 5.71. The molecule has 0 rings (SSSR count). The van der Waals surface area contributed by atoms with Crippen molar-refractivity contribution in [2.75, 3.05) is 13.2 Å². The third-order valence-corrected chi connectivity index (χ3v) is 11.8. The molecule has 0 aliphatic carbocycles. The second-order valence-electron chi connectivity index (χ2n) is 18.4. The molecule has 0 aromatic carbocycles. The number of allylic oxidation sites excluding steroid dienone is 16. The molecule has 1 unspecified atom stereocenters. The number of carbonyl (C=O) groups excluding carboxylic acids is 3. The summed E-state index contributed by atoms with van der Waals surface area (Å²) >= 11 is 0. The summed E-state index contributed by atoms with van der Waals surface area (Å²) in [6, 6.07) is 0. The van der Waals surface area contributed by atoms with Crippen molar-refractivity contribution in [3.63, 3.8) is 0 Å². The van der Waals surface area contributed by atoms with Crippen molar-refractivity contribution >= 4 is 17.9 Å². The van der Waals surface area contributed by atoms with Gasteiger partial charge in [-0.15, -0.1) is 0 Å². The van der Waals surface area contributed by atoms with E-state index in [2.05, 4.69) is 118 Å². The van der Waals surface area contributed by atoms with Crippen molar-refractivity contribution in [3.8, 4) is 0 Å². The Balaban J connectivity index is 4.23. The maximum absolute atomic E-state index is 12.8. The Morgan fingerprint density at radius 2 is 0.574 bits per heavy atom. The van der Waals surface area contributed by atoms with Crippen LogP contribution in [-0.2, 0) is 28.6 Å². The highest BCUT2D eigenvalue weighted by Crippen LogP contribution is 2.15. The number of esters is 3. The lowest BCUT2D eigenvalue weighted by atomic mass is 10.0. The Kier molecular flexibility index (Phi) is 52.9. The van der Waals surface area contributed by atoms with E-state index in [0.717, 1.165) is 116 Å². The van der Waals surface area contributed by atoms with Gasteiger partial charge < -0.3 is 14.2 Å². The van der Waals surface area contributed by atoms with Crippen LogP contribution in [0.5, 0.6) is 0 Å². The average molecular weight is 946 g/mol. The van der Waals surface area contributed by atoms with Gasteiger partial charge in [0.1, 0.15) is 13.2 Å². The van der Waals surface area contributed by atoms with Crippen LogP contribution in [-0.4, -0.2) is 37.2 Å². The van der Waals surface area contributed by atoms with E-state index in [-0.39, 0.29) is 31.1 Å². The van der Waals surface area contributed by atoms with E-state index >= 15 is 0 Å². The second-order valence-corrected chi connectivity index (χ2v) is 18.4. The molecule has 0 saturated carbocycles. The molecule has 0 radical (unpaired) electrons. The minimum absolute atomic E-state index is 0.0884. The number of ether oxygens (including phenoxy) is 3. The van der Waals surface area contributed by atoms with Gasteiger partial charge >= 0.3 is 17.9 Å². The molecule has 6 nitrogen and oxygen atoms in total. The molecule has 0 aromatic heterocycles. The van der Waals surface area contributed by atoms with Gasteiger partial charge in [0.25, 0.3) is 0 Å². The van der Waals surface area contributed by atoms with Crippen LogP contribution in [0.1, 0.15) is 258 Å². The summed E-state index contributed by atoms with van der Waals surface area (Å²) in [5, 5.41) is 0. The highest BCUT2D eigenvalue weighted by atomic mass is 16.6. The maximum Gasteiger partial charge on any atom is 0.306 e. The molecule has 1 atom stereocenters. The summed E-state index contributed by atoms with van der Waals surface area (Å²) in [4.78, 5) is 38.0. The summed E-state index contributed by atoms with van der Waals surface area (Å²) in [6.45, 7) is 6.37. The normalized spacial score (nSPS) is 12.8. The van der Waals surface area contributed by atoms with Crippen molar-refractivity contribution in [3.05, 3.63) is 97.2 Å². The van der Waals surface area contributed by atoms with E-state index in [1.165, 1.54) is 103 Å². The molecule has 0 aromatic rings. The van der Waals surface area contributed by atoms with E-state index in [1.807, 2.05) is 0 Å². The van der Waals surface area contributed by atoms with Gasteiger partial charge in [0.15, 0.2) is 6.10 Å². The van der Waals surface area contributed by atoms with Gasteiger partial charge in [0.2, 0.25) is 0 Å². The topological polar surface area (TPSA) is 78.9 Å². The Labute approximate surface area is 419 Å². The fourth-order valence-corrected chi connectivity index (χ4v) is 7.66. The summed E-state index contributed by atoms with van der Waals surface area (Å²) in [6.07, 6.45) is 74.1. The number of hydrogen-bond acceptors (Lipinski definition) is 6. The largest absolute Gasteiger partial charge is 0.462 e. The van der Waals surface area contributed by atoms with Crippen LogP contribution >= 0.6 is 0 Å². The minimum Gasteiger partial charge on any atom is -0.462 e. The lowest BCUT2D eigenvalue weighted by Gasteiger charge is -2.18. The minimum atomic E-state index is -0.791. The first-order valence-electron chi connectivity index (χ1n) is 28.2. The van der Waals surface area contributed by atoms with Crippen LogP contribution in [0.15, 0.2) is 97.2 Å². The van der Waals surface area contributed by atoms with Gasteiger partial charge in [-0.3, -0.25) is 14.4 Å². The quantitative estimate of drug-likeness (QED) is 0.0262. The highest BCUT2D eigenvalue weighted by Gasteiger charge is 2.19. The standard InChI is InChI=1S/C62H104O6/c1-4-7-10-13-16-19-22-24-25-26-27-28-29-30-31-32-33-34-35-36-37-39-40-43-46-49-52-55-61(64)67-58-59(57-66-60(63)54-51-48-45-42-21-18-15-12-9-6-3)68-62(65)56-53-50-47-44-41-38-23-20-17-14-11-8-5-2/h7-8,10-11,16-17,19-20,24-25,27-28,30-31,38,41,59H,4-6,9,12-15,18,21-23,26,29,32-37,39-40,42-58H2,1-3H3/b10-7-,11-8-,19-16-,20-17-,25-24-,28-27-,31-30-,41-38-. The number of hydrogen-bond donors (Lipinski definition) is 0. The molecule has 0 fully saturated rings. The smallest absolute Gasteiger partial charge is 0.306 e. The lowest BCUT2D eigenvalue weighted by molar-refractivity contribution is -0.167. The Bertz CT molecular complexity index is 1360. The summed E-state index contributed by atoms with van der Waals surface area (Å²) < 4.78 is 16.8. The van der Waals surface area contributed by atoms with E-state index < -0.39 is 6.10 Å². The third-order valence-electron chi connectivity index (χ3n) is 11.8. The van der Waals surface area contributed by atoms with E-state index in [1.54, 1.807) is 0 Å². The summed E-state index contributed by atoms with van der Waals surface area (Å²) in [5.74, 6) is -0.922. The monoisotopic (exact) mass is 945 g/mol. The fourth-order valence-electron chi connectivity index (χ4n) is 7.66. The van der Waals surface area contributed by atoms with Crippen molar-refractivity contribution in [2.24, 2.45) is 0 Å². The maximum atomic E-state index is 12.8. The Hall–Kier alpha value is -3.67. The third kappa shape index (κ3) is 53.3. The molecule has 0 aliphatic heterocycles. The molecule has 0 bridgehead atoms. The first-order chi connectivity index (χ1) is 33.5. The summed E-state index contributed by atoms with van der Waals surface area (Å²) in [7, 11) is 0. The Morgan fingerprint density at radius 3 is 0.912 bits per heavy atom. The predicted molar refractivity (Wildman–Crippen MR) is 293 cm³/mol. The van der Waals surface area contributed by atoms with Crippen LogP contribution in [0.4, 0.5) is 0 Å². The van der Waals surface area contributed by atoms with Gasteiger partial charge in [-0.2, -0.15) is 0 Å². The molecule has 388 valence electrons. The predicted octanol–water partition coefficient (Wildman–Crippen LogP) is 18.9. The van der Waals surface area contributed by atoms with Crippen LogP contribution in [0.2, 0.25) is 0 Å². The van der Waals surface area contributed by atoms with Gasteiger partial charge in [0, 0.05) is 19.3 Å². The lowest BCUT2D eigenvalue weighted by Crippen LogP contribution is -2.30. The van der Waals surface area contributed by atoms with Crippen molar-refractivity contribution in [1.82, 2.24) is 0 Å². The molecule has 6 heteroatoms. The zero-order valence-corrected chi connectivity index (χ0v) is 44.3. The molecule has 0 saturated heterocycles. The summed E-state index contributed by atoms with van der Waals surface area (Å²) in [5.41, 5.74) is 0. The molecule has 68 heavy (non-hydrogen) atoms. The van der Waals surface area contributed by atoms with Crippen LogP contribution in [0.25, 0.3) is 0 Å². The van der Waals surface area contributed by atoms with Crippen molar-refractivity contribution in [1.29, 1.82) is 0 Å². The van der Waals surface area contributed by atoms with Gasteiger partial charge in [-0.25, -0.2) is 0 Å². The van der Waals surface area contributed by atoms with Gasteiger partial charge in [-0.1, -0.05) is 240 Å². The van der Waals surface area contributed by atoms with E-state index in [4.69, 9.17) is 14.2 Å². The molecule has 0 heterocycles. The van der Waals surface area contributed by atoms with E-state index in [9.17, 15) is 14.4 Å². The second kappa shape index (κ2) is 55.9. The molecule has 0 spiro atoms. The number of unbranched alkanes of at least 4 members (excludes halogenated alkanes) is 23. The SMILES string of the molecule is CC/C=C\C/C=C\C/C=C\C/C=C\C/C=C\CCCCCCCCCCCCCC(=O)OCC(COC(=O)CCCCCCCCCCCC)OC(=O)CCCCC/C=C\C/C=C\C/C=C\CC. The molecule has 0 aliphatic rings. The Morgan fingerprint density at radius 1 is 0.309 bits per heavy atom. The fraction of sp³-hybridized carbons (Fsp3) is 0.694. The molecule has 0 amide bonds. The van der Waals surface area contributed by atoms with E-state index in [0.29, 0.717) is 19.3 Å². The van der Waals surface area contributed by atoms with Crippen LogP contribution in [0.3, 0.4) is 0 Å². The zero-order chi connectivity index (χ0) is 49.3. The van der Waals surface area contributed by atoms with Crippen LogP contribution < -0.4 is 0 Å². The molecule has 0 N–H and O–H groups in total. The zero-order valence-electron chi connectivity index (χ0n) is 44.3. The average Bonchev–Trinajstić information content (AvgIpc) is 3.34. The van der Waals surface area contributed by atoms with Gasteiger partial charge in [-0.05, 0) is 96.3 Å². The first-order valence-corrected chi connectivity index (χ1v) is 28.2. The molecular weight excluding hydrogens is 841 g/mol. The molecular formula is C62H104O6. The van der Waals surface area contributed by atoms with Crippen molar-refractivity contribution in [2.45, 2.75) is 264 Å². The number of carbonyl (C=O) groups is 3. The van der Waals surface area contributed by atoms with Gasteiger partial charge in [0.05, 0.1) is 0 Å². The van der Waals surface area contributed by atoms with Crippen LogP contribution in [0, 0.1) is 0 Å². The van der Waals surface area contributed by atoms with Crippen molar-refractivity contribution < 1.29 is 28.6 Å².